The lowest BCUT2D eigenvalue weighted by molar-refractivity contribution is -0.131. The highest BCUT2D eigenvalue weighted by atomic mass is 16.1. The number of aryl methyl sites for hydroxylation is 2. The van der Waals surface area contributed by atoms with E-state index in [-0.39, 0.29) is 11.3 Å². The SMILES string of the molecule is Cc1ccc2c(c1)CCC1C2C(=O)CC2(C)C(C)CCC12. The van der Waals surface area contributed by atoms with E-state index in [0.717, 1.165) is 12.3 Å². The smallest absolute Gasteiger partial charge is 0.141 e. The third-order valence-electron chi connectivity index (χ3n) is 7.11. The van der Waals surface area contributed by atoms with Gasteiger partial charge in [-0.15, -0.1) is 0 Å². The third-order valence-corrected chi connectivity index (χ3v) is 7.11. The quantitative estimate of drug-likeness (QED) is 0.676. The van der Waals surface area contributed by atoms with Crippen LogP contribution in [0.25, 0.3) is 0 Å². The number of ketones is 1. The normalized spacial score (nSPS) is 41.4. The zero-order valence-corrected chi connectivity index (χ0v) is 13.5. The van der Waals surface area contributed by atoms with Crippen molar-refractivity contribution in [2.45, 2.75) is 58.8 Å². The highest BCUT2D eigenvalue weighted by Gasteiger charge is 2.56. The van der Waals surface area contributed by atoms with Crippen LogP contribution in [0.1, 0.15) is 62.1 Å². The van der Waals surface area contributed by atoms with Gasteiger partial charge in [0.05, 0.1) is 0 Å². The Bertz CT molecular complexity index is 602. The number of rotatable bonds is 0. The summed E-state index contributed by atoms with van der Waals surface area (Å²) in [6.07, 6.45) is 5.87. The maximum absolute atomic E-state index is 13.0. The Labute approximate surface area is 128 Å². The van der Waals surface area contributed by atoms with Gasteiger partial charge >= 0.3 is 0 Å². The molecule has 0 N–H and O–H groups in total. The molecule has 0 radical (unpaired) electrons. The second-order valence-electron chi connectivity index (χ2n) is 8.12. The molecule has 5 atom stereocenters. The maximum atomic E-state index is 13.0. The Kier molecular flexibility index (Phi) is 2.87. The van der Waals surface area contributed by atoms with Crippen LogP contribution in [0.3, 0.4) is 0 Å². The highest BCUT2D eigenvalue weighted by Crippen LogP contribution is 2.61. The number of fused-ring (bicyclic) bond motifs is 5. The van der Waals surface area contributed by atoms with Crippen LogP contribution in [0.2, 0.25) is 0 Å². The van der Waals surface area contributed by atoms with Crippen LogP contribution in [0.15, 0.2) is 18.2 Å². The van der Waals surface area contributed by atoms with Gasteiger partial charge in [0.1, 0.15) is 5.78 Å². The van der Waals surface area contributed by atoms with Gasteiger partial charge < -0.3 is 0 Å². The summed E-state index contributed by atoms with van der Waals surface area (Å²) in [5.41, 5.74) is 4.41. The molecule has 0 aromatic heterocycles. The highest BCUT2D eigenvalue weighted by molar-refractivity contribution is 5.88. The Balaban J connectivity index is 1.78. The van der Waals surface area contributed by atoms with E-state index in [1.807, 2.05) is 0 Å². The van der Waals surface area contributed by atoms with E-state index in [1.54, 1.807) is 0 Å². The van der Waals surface area contributed by atoms with Crippen LogP contribution in [0.4, 0.5) is 0 Å². The zero-order valence-electron chi connectivity index (χ0n) is 13.5. The number of carbonyl (C=O) groups is 1. The molecule has 2 fully saturated rings. The Morgan fingerprint density at radius 3 is 2.81 bits per heavy atom. The molecule has 2 saturated carbocycles. The summed E-state index contributed by atoms with van der Waals surface area (Å²) in [6, 6.07) is 6.75. The van der Waals surface area contributed by atoms with Crippen molar-refractivity contribution in [1.82, 2.24) is 0 Å². The molecule has 4 rings (SSSR count). The van der Waals surface area contributed by atoms with Crippen molar-refractivity contribution in [2.75, 3.05) is 0 Å². The van der Waals surface area contributed by atoms with Crippen molar-refractivity contribution in [1.29, 1.82) is 0 Å². The van der Waals surface area contributed by atoms with Crippen molar-refractivity contribution in [3.05, 3.63) is 34.9 Å². The van der Waals surface area contributed by atoms with E-state index in [0.29, 0.717) is 17.6 Å². The summed E-state index contributed by atoms with van der Waals surface area (Å²) in [5, 5.41) is 0. The van der Waals surface area contributed by atoms with Gasteiger partial charge in [-0.2, -0.15) is 0 Å². The summed E-state index contributed by atoms with van der Waals surface area (Å²) in [5.74, 6) is 2.82. The van der Waals surface area contributed by atoms with E-state index >= 15 is 0 Å². The number of hydrogen-bond acceptors (Lipinski definition) is 1. The molecule has 1 aromatic carbocycles. The fourth-order valence-corrected chi connectivity index (χ4v) is 5.77. The predicted molar refractivity (Wildman–Crippen MR) is 85.4 cm³/mol. The Hall–Kier alpha value is -1.11. The molecule has 0 saturated heterocycles. The molecule has 3 aliphatic carbocycles. The first-order valence-electron chi connectivity index (χ1n) is 8.63. The molecule has 5 unspecified atom stereocenters. The molecule has 3 aliphatic rings. The molecule has 0 spiro atoms. The largest absolute Gasteiger partial charge is 0.299 e. The van der Waals surface area contributed by atoms with Gasteiger partial charge in [-0.25, -0.2) is 0 Å². The summed E-state index contributed by atoms with van der Waals surface area (Å²) < 4.78 is 0. The molecular formula is C20H26O. The van der Waals surface area contributed by atoms with Crippen molar-refractivity contribution in [2.24, 2.45) is 23.2 Å². The van der Waals surface area contributed by atoms with E-state index in [4.69, 9.17) is 0 Å². The standard InChI is InChI=1S/C20H26O/c1-12-4-7-15-14(10-12)6-8-16-17-9-5-13(2)20(17,3)11-18(21)19(15)16/h4,7,10,13,16-17,19H,5-6,8-9,11H2,1-3H3. The Morgan fingerprint density at radius 2 is 2.00 bits per heavy atom. The average molecular weight is 282 g/mol. The van der Waals surface area contributed by atoms with Gasteiger partial charge in [0.2, 0.25) is 0 Å². The van der Waals surface area contributed by atoms with E-state index in [2.05, 4.69) is 39.0 Å². The van der Waals surface area contributed by atoms with Gasteiger partial charge in [0, 0.05) is 12.3 Å². The molecule has 0 amide bonds. The molecule has 21 heavy (non-hydrogen) atoms. The molecular weight excluding hydrogens is 256 g/mol. The van der Waals surface area contributed by atoms with Gasteiger partial charge in [0.25, 0.3) is 0 Å². The fourth-order valence-electron chi connectivity index (χ4n) is 5.77. The van der Waals surface area contributed by atoms with E-state index in [1.165, 1.54) is 42.4 Å². The first-order chi connectivity index (χ1) is 10.0. The number of benzene rings is 1. The average Bonchev–Trinajstić information content (AvgIpc) is 2.74. The van der Waals surface area contributed by atoms with Crippen molar-refractivity contribution >= 4 is 5.78 Å². The number of Topliss-reactive ketones (excluding diaryl/α,β-unsaturated/α-hetero) is 1. The molecule has 112 valence electrons. The minimum absolute atomic E-state index is 0.206. The van der Waals surface area contributed by atoms with Crippen molar-refractivity contribution < 1.29 is 4.79 Å². The van der Waals surface area contributed by atoms with Gasteiger partial charge in [-0.3, -0.25) is 4.79 Å². The summed E-state index contributed by atoms with van der Waals surface area (Å²) >= 11 is 0. The Morgan fingerprint density at radius 1 is 1.19 bits per heavy atom. The van der Waals surface area contributed by atoms with Crippen LogP contribution >= 0.6 is 0 Å². The molecule has 0 heterocycles. The predicted octanol–water partition coefficient (Wildman–Crippen LogP) is 4.67. The van der Waals surface area contributed by atoms with Gasteiger partial charge in [-0.1, -0.05) is 37.6 Å². The second-order valence-corrected chi connectivity index (χ2v) is 8.12. The zero-order chi connectivity index (χ0) is 14.8. The van der Waals surface area contributed by atoms with Crippen LogP contribution < -0.4 is 0 Å². The second kappa shape index (κ2) is 4.44. The summed E-state index contributed by atoms with van der Waals surface area (Å²) in [4.78, 5) is 13.0. The topological polar surface area (TPSA) is 17.1 Å². The van der Waals surface area contributed by atoms with Crippen LogP contribution in [-0.2, 0) is 11.2 Å². The lowest BCUT2D eigenvalue weighted by atomic mass is 9.54. The third kappa shape index (κ3) is 1.79. The van der Waals surface area contributed by atoms with Gasteiger partial charge in [-0.05, 0) is 66.9 Å². The van der Waals surface area contributed by atoms with Crippen LogP contribution in [0.5, 0.6) is 0 Å². The number of carbonyl (C=O) groups excluding carboxylic acids is 1. The molecule has 0 bridgehead atoms. The van der Waals surface area contributed by atoms with Crippen molar-refractivity contribution in [3.63, 3.8) is 0 Å². The monoisotopic (exact) mass is 282 g/mol. The first-order valence-corrected chi connectivity index (χ1v) is 8.63. The lowest BCUT2D eigenvalue weighted by Crippen LogP contribution is -2.46. The number of hydrogen-bond donors (Lipinski definition) is 0. The minimum atomic E-state index is 0.206. The molecule has 1 heteroatoms. The summed E-state index contributed by atoms with van der Waals surface area (Å²) in [7, 11) is 0. The van der Waals surface area contributed by atoms with Crippen molar-refractivity contribution in [3.8, 4) is 0 Å². The molecule has 1 nitrogen and oxygen atoms in total. The molecule has 0 aliphatic heterocycles. The van der Waals surface area contributed by atoms with E-state index < -0.39 is 0 Å². The van der Waals surface area contributed by atoms with Crippen LogP contribution in [0, 0.1) is 30.1 Å². The fraction of sp³-hybridized carbons (Fsp3) is 0.650. The van der Waals surface area contributed by atoms with E-state index in [9.17, 15) is 4.79 Å². The van der Waals surface area contributed by atoms with Gasteiger partial charge in [0.15, 0.2) is 0 Å². The maximum Gasteiger partial charge on any atom is 0.141 e. The molecule has 1 aromatic rings. The van der Waals surface area contributed by atoms with Crippen LogP contribution in [-0.4, -0.2) is 5.78 Å². The minimum Gasteiger partial charge on any atom is -0.299 e. The first kappa shape index (κ1) is 13.5. The summed E-state index contributed by atoms with van der Waals surface area (Å²) in [6.45, 7) is 6.92. The lowest BCUT2D eigenvalue weighted by Gasteiger charge is -2.49.